The number of pyridine rings is 1. The van der Waals surface area contributed by atoms with E-state index in [4.69, 9.17) is 14.2 Å². The van der Waals surface area contributed by atoms with E-state index in [1.807, 2.05) is 0 Å². The first kappa shape index (κ1) is 14.0. The predicted octanol–water partition coefficient (Wildman–Crippen LogP) is 2.01. The summed E-state index contributed by atoms with van der Waals surface area (Å²) in [7, 11) is 0. The lowest BCUT2D eigenvalue weighted by atomic mass is 10.3. The third-order valence-electron chi connectivity index (χ3n) is 2.91. The molecule has 0 spiro atoms. The molecule has 1 aromatic carbocycles. The molecule has 0 bridgehead atoms. The molecule has 0 unspecified atom stereocenters. The van der Waals surface area contributed by atoms with Crippen molar-refractivity contribution in [3.8, 4) is 17.2 Å². The number of amides is 2. The van der Waals surface area contributed by atoms with Gasteiger partial charge in [0.2, 0.25) is 6.79 Å². The van der Waals surface area contributed by atoms with Crippen LogP contribution in [-0.2, 0) is 0 Å². The fraction of sp³-hybridized carbons (Fsp3) is 0.200. The van der Waals surface area contributed by atoms with E-state index in [2.05, 4.69) is 15.6 Å². The molecule has 2 amide bonds. The average molecular weight is 301 g/mol. The second-order valence-electron chi connectivity index (χ2n) is 4.46. The maximum atomic E-state index is 11.6. The number of carbonyl (C=O) groups excluding carboxylic acids is 1. The number of aromatic nitrogens is 1. The van der Waals surface area contributed by atoms with Gasteiger partial charge in [0.15, 0.2) is 11.5 Å². The molecular weight excluding hydrogens is 286 g/mol. The summed E-state index contributed by atoms with van der Waals surface area (Å²) in [5.41, 5.74) is 0. The molecule has 0 radical (unpaired) electrons. The third-order valence-corrected chi connectivity index (χ3v) is 2.91. The Hall–Kier alpha value is -2.96. The molecule has 1 aliphatic heterocycles. The van der Waals surface area contributed by atoms with E-state index in [9.17, 15) is 4.79 Å². The number of carbonyl (C=O) groups is 1. The summed E-state index contributed by atoms with van der Waals surface area (Å²) in [6, 6.07) is 10.3. The van der Waals surface area contributed by atoms with Gasteiger partial charge in [-0.2, -0.15) is 0 Å². The highest BCUT2D eigenvalue weighted by atomic mass is 16.7. The van der Waals surface area contributed by atoms with Crippen LogP contribution in [0.1, 0.15) is 0 Å². The zero-order valence-electron chi connectivity index (χ0n) is 11.7. The molecule has 0 atom stereocenters. The fourth-order valence-electron chi connectivity index (χ4n) is 1.90. The number of hydrogen-bond donors (Lipinski definition) is 2. The maximum Gasteiger partial charge on any atom is 0.320 e. The highest BCUT2D eigenvalue weighted by Crippen LogP contribution is 2.34. The van der Waals surface area contributed by atoms with Crippen molar-refractivity contribution in [3.63, 3.8) is 0 Å². The summed E-state index contributed by atoms with van der Waals surface area (Å²) in [5, 5.41) is 5.30. The zero-order valence-corrected chi connectivity index (χ0v) is 11.7. The Morgan fingerprint density at radius 2 is 2.14 bits per heavy atom. The minimum absolute atomic E-state index is 0.230. The highest BCUT2D eigenvalue weighted by molar-refractivity contribution is 5.88. The average Bonchev–Trinajstić information content (AvgIpc) is 3.00. The maximum absolute atomic E-state index is 11.6. The van der Waals surface area contributed by atoms with E-state index in [0.29, 0.717) is 36.2 Å². The van der Waals surface area contributed by atoms with Gasteiger partial charge in [0.25, 0.3) is 0 Å². The van der Waals surface area contributed by atoms with E-state index >= 15 is 0 Å². The van der Waals surface area contributed by atoms with Crippen LogP contribution >= 0.6 is 0 Å². The number of nitrogens with one attached hydrogen (secondary N) is 2. The highest BCUT2D eigenvalue weighted by Gasteiger charge is 2.13. The summed E-state index contributed by atoms with van der Waals surface area (Å²) < 4.78 is 16.0. The molecular formula is C15H15N3O4. The largest absolute Gasteiger partial charge is 0.492 e. The lowest BCUT2D eigenvalue weighted by molar-refractivity contribution is 0.173. The minimum Gasteiger partial charge on any atom is -0.492 e. The van der Waals surface area contributed by atoms with Crippen molar-refractivity contribution in [2.24, 2.45) is 0 Å². The Morgan fingerprint density at radius 1 is 1.23 bits per heavy atom. The van der Waals surface area contributed by atoms with Crippen LogP contribution < -0.4 is 24.8 Å². The molecule has 2 aromatic rings. The van der Waals surface area contributed by atoms with E-state index < -0.39 is 0 Å². The molecule has 7 heteroatoms. The SMILES string of the molecule is O=C(NCCOc1ccc2c(c1)OCO2)Nc1ccccn1. The van der Waals surface area contributed by atoms with Gasteiger partial charge in [-0.05, 0) is 24.3 Å². The fourth-order valence-corrected chi connectivity index (χ4v) is 1.90. The van der Waals surface area contributed by atoms with Crippen LogP contribution in [0.4, 0.5) is 10.6 Å². The van der Waals surface area contributed by atoms with Crippen molar-refractivity contribution >= 4 is 11.8 Å². The topological polar surface area (TPSA) is 81.7 Å². The molecule has 1 aliphatic rings. The summed E-state index contributed by atoms with van der Waals surface area (Å²) >= 11 is 0. The zero-order chi connectivity index (χ0) is 15.2. The molecule has 22 heavy (non-hydrogen) atoms. The van der Waals surface area contributed by atoms with Crippen molar-refractivity contribution < 1.29 is 19.0 Å². The van der Waals surface area contributed by atoms with Crippen molar-refractivity contribution in [1.29, 1.82) is 0 Å². The first-order chi connectivity index (χ1) is 10.8. The number of ether oxygens (including phenoxy) is 3. The molecule has 2 heterocycles. The van der Waals surface area contributed by atoms with Gasteiger partial charge in [0.1, 0.15) is 18.2 Å². The molecule has 7 nitrogen and oxygen atoms in total. The molecule has 0 aliphatic carbocycles. The minimum atomic E-state index is -0.326. The second kappa shape index (κ2) is 6.66. The van der Waals surface area contributed by atoms with Crippen molar-refractivity contribution in [2.45, 2.75) is 0 Å². The van der Waals surface area contributed by atoms with Crippen LogP contribution in [0.25, 0.3) is 0 Å². The van der Waals surface area contributed by atoms with E-state index in [1.54, 1.807) is 42.6 Å². The number of hydrogen-bond acceptors (Lipinski definition) is 5. The first-order valence-electron chi connectivity index (χ1n) is 6.79. The van der Waals surface area contributed by atoms with Crippen LogP contribution in [-0.4, -0.2) is 31.0 Å². The van der Waals surface area contributed by atoms with Gasteiger partial charge in [0.05, 0.1) is 6.54 Å². The Bertz CT molecular complexity index is 648. The summed E-state index contributed by atoms with van der Waals surface area (Å²) in [6.45, 7) is 0.941. The van der Waals surface area contributed by atoms with Gasteiger partial charge in [-0.1, -0.05) is 6.07 Å². The Labute approximate surface area is 127 Å². The molecule has 3 rings (SSSR count). The first-order valence-corrected chi connectivity index (χ1v) is 6.79. The summed E-state index contributed by atoms with van der Waals surface area (Å²) in [4.78, 5) is 15.6. The molecule has 0 saturated heterocycles. The van der Waals surface area contributed by atoms with Gasteiger partial charge in [-0.25, -0.2) is 9.78 Å². The van der Waals surface area contributed by atoms with Gasteiger partial charge in [-0.15, -0.1) is 0 Å². The van der Waals surface area contributed by atoms with E-state index in [1.165, 1.54) is 0 Å². The van der Waals surface area contributed by atoms with Gasteiger partial charge in [-0.3, -0.25) is 5.32 Å². The normalized spacial score (nSPS) is 11.8. The number of fused-ring (bicyclic) bond motifs is 1. The molecule has 2 N–H and O–H groups in total. The lowest BCUT2D eigenvalue weighted by Gasteiger charge is -2.09. The molecule has 1 aromatic heterocycles. The smallest absolute Gasteiger partial charge is 0.320 e. The Morgan fingerprint density at radius 3 is 3.00 bits per heavy atom. The third kappa shape index (κ3) is 3.57. The van der Waals surface area contributed by atoms with Gasteiger partial charge >= 0.3 is 6.03 Å². The summed E-state index contributed by atoms with van der Waals surface area (Å²) in [5.74, 6) is 2.53. The number of benzene rings is 1. The number of urea groups is 1. The van der Waals surface area contributed by atoms with Crippen LogP contribution in [0.15, 0.2) is 42.6 Å². The number of nitrogens with zero attached hydrogens (tertiary/aromatic N) is 1. The quantitative estimate of drug-likeness (QED) is 0.826. The lowest BCUT2D eigenvalue weighted by Crippen LogP contribution is -2.32. The van der Waals surface area contributed by atoms with E-state index in [-0.39, 0.29) is 12.8 Å². The van der Waals surface area contributed by atoms with Crippen molar-refractivity contribution in [3.05, 3.63) is 42.6 Å². The van der Waals surface area contributed by atoms with Crippen LogP contribution in [0, 0.1) is 0 Å². The Balaban J connectivity index is 1.39. The number of anilines is 1. The van der Waals surface area contributed by atoms with E-state index in [0.717, 1.165) is 0 Å². The number of rotatable bonds is 5. The summed E-state index contributed by atoms with van der Waals surface area (Å²) in [6.07, 6.45) is 1.61. The van der Waals surface area contributed by atoms with Crippen LogP contribution in [0.5, 0.6) is 17.2 Å². The Kier molecular flexibility index (Phi) is 4.24. The standard InChI is InChI=1S/C15H15N3O4/c19-15(18-14-3-1-2-6-16-14)17-7-8-20-11-4-5-12-13(9-11)22-10-21-12/h1-6,9H,7-8,10H2,(H2,16,17,18,19). The van der Waals surface area contributed by atoms with Crippen LogP contribution in [0.3, 0.4) is 0 Å². The molecule has 114 valence electrons. The van der Waals surface area contributed by atoms with Gasteiger partial charge < -0.3 is 19.5 Å². The van der Waals surface area contributed by atoms with Crippen LogP contribution in [0.2, 0.25) is 0 Å². The molecule has 0 saturated carbocycles. The van der Waals surface area contributed by atoms with Crippen molar-refractivity contribution in [1.82, 2.24) is 10.3 Å². The van der Waals surface area contributed by atoms with Gasteiger partial charge in [0, 0.05) is 12.3 Å². The second-order valence-corrected chi connectivity index (χ2v) is 4.46. The predicted molar refractivity (Wildman–Crippen MR) is 79.3 cm³/mol. The van der Waals surface area contributed by atoms with Crippen molar-refractivity contribution in [2.75, 3.05) is 25.3 Å². The molecule has 0 fully saturated rings. The monoisotopic (exact) mass is 301 g/mol.